The molecule has 0 spiro atoms. The van der Waals surface area contributed by atoms with Crippen molar-refractivity contribution in [1.29, 1.82) is 0 Å². The molecule has 0 bridgehead atoms. The van der Waals surface area contributed by atoms with Gasteiger partial charge in [-0.25, -0.2) is 9.69 Å². The standard InChI is InChI=1S/C17H11Cl2NO4/c1-2-24-17(23)9-3-5-11-12(7-9)16(22)20(15(11)21)14-6-4-10(18)8-13(14)19/h3-8H,2H2,1H3. The van der Waals surface area contributed by atoms with Gasteiger partial charge in [0.15, 0.2) is 0 Å². The molecule has 0 radical (unpaired) electrons. The highest BCUT2D eigenvalue weighted by molar-refractivity contribution is 6.41. The van der Waals surface area contributed by atoms with Crippen LogP contribution in [0, 0.1) is 0 Å². The van der Waals surface area contributed by atoms with E-state index >= 15 is 0 Å². The molecule has 2 aromatic rings. The molecule has 0 atom stereocenters. The molecule has 7 heteroatoms. The Morgan fingerprint density at radius 3 is 2.42 bits per heavy atom. The SMILES string of the molecule is CCOC(=O)c1ccc2c(c1)C(=O)N(c1ccc(Cl)cc1Cl)C2=O. The smallest absolute Gasteiger partial charge is 0.338 e. The Morgan fingerprint density at radius 1 is 1.04 bits per heavy atom. The summed E-state index contributed by atoms with van der Waals surface area (Å²) in [4.78, 5) is 38.0. The molecular formula is C17H11Cl2NO4. The Kier molecular flexibility index (Phi) is 4.30. The number of carbonyl (C=O) groups is 3. The number of amides is 2. The molecule has 2 amide bonds. The second-order valence-electron chi connectivity index (χ2n) is 5.02. The van der Waals surface area contributed by atoms with E-state index in [4.69, 9.17) is 27.9 Å². The topological polar surface area (TPSA) is 63.7 Å². The van der Waals surface area contributed by atoms with Gasteiger partial charge >= 0.3 is 5.97 Å². The first kappa shape index (κ1) is 16.5. The predicted octanol–water partition coefficient (Wildman–Crippen LogP) is 3.97. The molecular weight excluding hydrogens is 353 g/mol. The summed E-state index contributed by atoms with van der Waals surface area (Å²) in [6, 6.07) is 8.74. The Hall–Kier alpha value is -2.37. The second kappa shape index (κ2) is 6.26. The van der Waals surface area contributed by atoms with Crippen LogP contribution in [0.25, 0.3) is 0 Å². The number of benzene rings is 2. The maximum Gasteiger partial charge on any atom is 0.338 e. The number of fused-ring (bicyclic) bond motifs is 1. The molecule has 1 aliphatic rings. The van der Waals surface area contributed by atoms with Gasteiger partial charge in [-0.2, -0.15) is 0 Å². The van der Waals surface area contributed by atoms with Gasteiger partial charge in [0.05, 0.1) is 34.0 Å². The lowest BCUT2D eigenvalue weighted by Crippen LogP contribution is -2.29. The normalized spacial score (nSPS) is 13.2. The van der Waals surface area contributed by atoms with Gasteiger partial charge in [-0.1, -0.05) is 23.2 Å². The lowest BCUT2D eigenvalue weighted by Gasteiger charge is -2.15. The summed E-state index contributed by atoms with van der Waals surface area (Å²) in [5, 5.41) is 0.576. The third-order valence-corrected chi connectivity index (χ3v) is 4.09. The number of anilines is 1. The highest BCUT2D eigenvalue weighted by Gasteiger charge is 2.38. The van der Waals surface area contributed by atoms with Crippen LogP contribution in [-0.2, 0) is 4.74 Å². The van der Waals surface area contributed by atoms with Crippen molar-refractivity contribution in [2.75, 3.05) is 11.5 Å². The van der Waals surface area contributed by atoms with E-state index in [1.165, 1.54) is 36.4 Å². The van der Waals surface area contributed by atoms with Crippen LogP contribution in [0.4, 0.5) is 5.69 Å². The van der Waals surface area contributed by atoms with E-state index in [9.17, 15) is 14.4 Å². The van der Waals surface area contributed by atoms with Crippen molar-refractivity contribution in [3.05, 3.63) is 63.1 Å². The molecule has 2 aromatic carbocycles. The fraction of sp³-hybridized carbons (Fsp3) is 0.118. The molecule has 5 nitrogen and oxygen atoms in total. The molecule has 0 aromatic heterocycles. The van der Waals surface area contributed by atoms with E-state index in [0.717, 1.165) is 4.90 Å². The van der Waals surface area contributed by atoms with Gasteiger partial charge < -0.3 is 4.74 Å². The van der Waals surface area contributed by atoms with Gasteiger partial charge in [0, 0.05) is 5.02 Å². The largest absolute Gasteiger partial charge is 0.462 e. The molecule has 0 saturated carbocycles. The summed E-state index contributed by atoms with van der Waals surface area (Å²) < 4.78 is 4.91. The molecule has 0 aliphatic carbocycles. The number of hydrogen-bond acceptors (Lipinski definition) is 4. The molecule has 24 heavy (non-hydrogen) atoms. The van der Waals surface area contributed by atoms with Crippen molar-refractivity contribution in [3.8, 4) is 0 Å². The number of rotatable bonds is 3. The molecule has 122 valence electrons. The summed E-state index contributed by atoms with van der Waals surface area (Å²) in [6.07, 6.45) is 0. The van der Waals surface area contributed by atoms with E-state index in [-0.39, 0.29) is 34.0 Å². The highest BCUT2D eigenvalue weighted by Crippen LogP contribution is 2.35. The maximum absolute atomic E-state index is 12.6. The monoisotopic (exact) mass is 363 g/mol. The maximum atomic E-state index is 12.6. The molecule has 0 fully saturated rings. The number of ether oxygens (including phenoxy) is 1. The Balaban J connectivity index is 2.03. The molecule has 0 N–H and O–H groups in total. The first-order valence-electron chi connectivity index (χ1n) is 7.09. The van der Waals surface area contributed by atoms with Crippen LogP contribution in [0.5, 0.6) is 0 Å². The van der Waals surface area contributed by atoms with Crippen molar-refractivity contribution in [1.82, 2.24) is 0 Å². The number of esters is 1. The zero-order valence-electron chi connectivity index (χ0n) is 12.5. The number of imide groups is 1. The first-order chi connectivity index (χ1) is 11.4. The average molecular weight is 364 g/mol. The van der Waals surface area contributed by atoms with Crippen LogP contribution in [0.2, 0.25) is 10.0 Å². The van der Waals surface area contributed by atoms with E-state index in [0.29, 0.717) is 5.02 Å². The minimum absolute atomic E-state index is 0.136. The molecule has 3 rings (SSSR count). The van der Waals surface area contributed by atoms with Crippen molar-refractivity contribution in [2.24, 2.45) is 0 Å². The quantitative estimate of drug-likeness (QED) is 0.611. The van der Waals surface area contributed by atoms with E-state index in [2.05, 4.69) is 0 Å². The summed E-state index contributed by atoms with van der Waals surface area (Å²) in [6.45, 7) is 1.90. The number of halogens is 2. The van der Waals surface area contributed by atoms with Crippen molar-refractivity contribution in [3.63, 3.8) is 0 Å². The van der Waals surface area contributed by atoms with Crippen LogP contribution in [0.1, 0.15) is 38.0 Å². The number of carbonyl (C=O) groups excluding carboxylic acids is 3. The number of hydrogen-bond donors (Lipinski definition) is 0. The summed E-state index contributed by atoms with van der Waals surface area (Å²) in [5.74, 6) is -1.61. The second-order valence-corrected chi connectivity index (χ2v) is 5.87. The van der Waals surface area contributed by atoms with Gasteiger partial charge in [0.1, 0.15) is 0 Å². The summed E-state index contributed by atoms with van der Waals surface area (Å²) in [5.41, 5.74) is 0.793. The van der Waals surface area contributed by atoms with Crippen LogP contribution < -0.4 is 4.90 Å². The van der Waals surface area contributed by atoms with Crippen molar-refractivity contribution >= 4 is 46.7 Å². The van der Waals surface area contributed by atoms with Gasteiger partial charge in [0.25, 0.3) is 11.8 Å². The van der Waals surface area contributed by atoms with Crippen LogP contribution in [0.15, 0.2) is 36.4 Å². The lowest BCUT2D eigenvalue weighted by molar-refractivity contribution is 0.0526. The lowest BCUT2D eigenvalue weighted by atomic mass is 10.1. The highest BCUT2D eigenvalue weighted by atomic mass is 35.5. The average Bonchev–Trinajstić information content (AvgIpc) is 2.79. The predicted molar refractivity (Wildman–Crippen MR) is 90.0 cm³/mol. The minimum atomic E-state index is -0.552. The van der Waals surface area contributed by atoms with Crippen LogP contribution in [-0.4, -0.2) is 24.4 Å². The van der Waals surface area contributed by atoms with Gasteiger partial charge in [-0.15, -0.1) is 0 Å². The Labute approximate surface area is 147 Å². The third-order valence-electron chi connectivity index (χ3n) is 3.55. The first-order valence-corrected chi connectivity index (χ1v) is 7.84. The zero-order valence-corrected chi connectivity index (χ0v) is 14.0. The van der Waals surface area contributed by atoms with Gasteiger partial charge in [-0.05, 0) is 43.3 Å². The number of nitrogens with zero attached hydrogens (tertiary/aromatic N) is 1. The van der Waals surface area contributed by atoms with Crippen molar-refractivity contribution < 1.29 is 19.1 Å². The molecule has 0 unspecified atom stereocenters. The molecule has 1 heterocycles. The van der Waals surface area contributed by atoms with Gasteiger partial charge in [-0.3, -0.25) is 9.59 Å². The zero-order chi connectivity index (χ0) is 17.4. The Bertz CT molecular complexity index is 879. The van der Waals surface area contributed by atoms with E-state index in [1.807, 2.05) is 0 Å². The van der Waals surface area contributed by atoms with E-state index in [1.54, 1.807) is 6.92 Å². The van der Waals surface area contributed by atoms with Crippen LogP contribution in [0.3, 0.4) is 0 Å². The summed E-state index contributed by atoms with van der Waals surface area (Å²) in [7, 11) is 0. The van der Waals surface area contributed by atoms with E-state index < -0.39 is 17.8 Å². The van der Waals surface area contributed by atoms with Crippen LogP contribution >= 0.6 is 23.2 Å². The fourth-order valence-corrected chi connectivity index (χ4v) is 2.96. The fourth-order valence-electron chi connectivity index (χ4n) is 2.46. The molecule has 1 aliphatic heterocycles. The Morgan fingerprint density at radius 2 is 1.75 bits per heavy atom. The molecule has 0 saturated heterocycles. The van der Waals surface area contributed by atoms with Gasteiger partial charge in [0.2, 0.25) is 0 Å². The minimum Gasteiger partial charge on any atom is -0.462 e. The third kappa shape index (κ3) is 2.66. The summed E-state index contributed by atoms with van der Waals surface area (Å²) >= 11 is 11.9. The van der Waals surface area contributed by atoms with Crippen molar-refractivity contribution in [2.45, 2.75) is 6.92 Å².